The van der Waals surface area contributed by atoms with Gasteiger partial charge >= 0.3 is 6.09 Å². The molecule has 1 aliphatic carbocycles. The number of anilines is 1. The summed E-state index contributed by atoms with van der Waals surface area (Å²) in [6, 6.07) is 8.49. The van der Waals surface area contributed by atoms with Crippen molar-refractivity contribution in [2.24, 2.45) is 0 Å². The predicted octanol–water partition coefficient (Wildman–Crippen LogP) is 3.64. The second kappa shape index (κ2) is 14.0. The molecule has 0 atom stereocenters. The van der Waals surface area contributed by atoms with Gasteiger partial charge in [-0.05, 0) is 56.9 Å². The zero-order chi connectivity index (χ0) is 22.3. The number of piperazine rings is 1. The molecular weight excluding hydrogens is 479 g/mol. The highest BCUT2D eigenvalue weighted by Gasteiger charge is 2.29. The van der Waals surface area contributed by atoms with E-state index in [4.69, 9.17) is 9.47 Å². The monoisotopic (exact) mass is 516 g/mol. The van der Waals surface area contributed by atoms with Crippen molar-refractivity contribution in [2.45, 2.75) is 51.2 Å². The van der Waals surface area contributed by atoms with Gasteiger partial charge < -0.3 is 24.6 Å². The van der Waals surface area contributed by atoms with E-state index in [2.05, 4.69) is 15.1 Å². The molecule has 4 rings (SSSR count). The van der Waals surface area contributed by atoms with Crippen molar-refractivity contribution in [3.8, 4) is 5.75 Å². The van der Waals surface area contributed by atoms with E-state index in [1.165, 1.54) is 19.3 Å². The molecule has 0 unspecified atom stereocenters. The highest BCUT2D eigenvalue weighted by Crippen LogP contribution is 2.28. The summed E-state index contributed by atoms with van der Waals surface area (Å²) in [6.45, 7) is 7.26. The molecule has 1 aromatic carbocycles. The molecule has 0 radical (unpaired) electrons. The molecule has 192 valence electrons. The number of hydrogen-bond donors (Lipinski definition) is 1. The molecule has 0 bridgehead atoms. The quantitative estimate of drug-likeness (QED) is 0.596. The molecule has 8 nitrogen and oxygen atoms in total. The summed E-state index contributed by atoms with van der Waals surface area (Å²) in [5.74, 6) is 0.812. The Labute approximate surface area is 215 Å². The minimum Gasteiger partial charge on any atom is -0.490 e. The number of rotatable bonds is 7. The third-order valence-corrected chi connectivity index (χ3v) is 6.77. The molecule has 1 saturated carbocycles. The number of hydrogen-bond acceptors (Lipinski definition) is 6. The lowest BCUT2D eigenvalue weighted by Crippen LogP contribution is -2.50. The molecule has 0 aromatic heterocycles. The molecule has 2 saturated heterocycles. The maximum absolute atomic E-state index is 12.4. The summed E-state index contributed by atoms with van der Waals surface area (Å²) < 4.78 is 11.2. The van der Waals surface area contributed by atoms with Crippen LogP contribution in [0.2, 0.25) is 0 Å². The Kier molecular flexibility index (Phi) is 11.7. The van der Waals surface area contributed by atoms with Gasteiger partial charge in [-0.3, -0.25) is 9.69 Å². The second-order valence-corrected chi connectivity index (χ2v) is 8.97. The number of nitrogens with one attached hydrogen (secondary N) is 1. The van der Waals surface area contributed by atoms with Crippen molar-refractivity contribution in [2.75, 3.05) is 57.7 Å². The molecule has 1 N–H and O–H groups in total. The summed E-state index contributed by atoms with van der Waals surface area (Å²) in [5.41, 5.74) is 0.771. The number of carbonyl (C=O) groups is 2. The van der Waals surface area contributed by atoms with Crippen LogP contribution in [0, 0.1) is 0 Å². The van der Waals surface area contributed by atoms with E-state index in [1.807, 2.05) is 24.3 Å². The summed E-state index contributed by atoms with van der Waals surface area (Å²) in [7, 11) is 0. The van der Waals surface area contributed by atoms with Crippen LogP contribution in [0.3, 0.4) is 0 Å². The van der Waals surface area contributed by atoms with Crippen LogP contribution in [-0.2, 0) is 9.53 Å². The first-order valence-corrected chi connectivity index (χ1v) is 12.1. The molecule has 10 heteroatoms. The average Bonchev–Trinajstić information content (AvgIpc) is 2.76. The van der Waals surface area contributed by atoms with E-state index >= 15 is 0 Å². The summed E-state index contributed by atoms with van der Waals surface area (Å²) >= 11 is 0. The largest absolute Gasteiger partial charge is 0.490 e. The van der Waals surface area contributed by atoms with Gasteiger partial charge in [-0.25, -0.2) is 4.79 Å². The Morgan fingerprint density at radius 3 is 2.15 bits per heavy atom. The summed E-state index contributed by atoms with van der Waals surface area (Å²) in [5, 5.41) is 2.96. The lowest BCUT2D eigenvalue weighted by Gasteiger charge is -2.41. The highest BCUT2D eigenvalue weighted by molar-refractivity contribution is 5.92. The molecule has 3 aliphatic rings. The normalized spacial score (nSPS) is 19.9. The van der Waals surface area contributed by atoms with Gasteiger partial charge in [0.2, 0.25) is 5.91 Å². The number of amides is 2. The van der Waals surface area contributed by atoms with Gasteiger partial charge in [-0.1, -0.05) is 6.42 Å². The molecule has 2 heterocycles. The van der Waals surface area contributed by atoms with Crippen molar-refractivity contribution < 1.29 is 19.1 Å². The number of nitrogens with zero attached hydrogens (tertiary/aromatic N) is 3. The van der Waals surface area contributed by atoms with Crippen LogP contribution in [0.4, 0.5) is 10.5 Å². The van der Waals surface area contributed by atoms with Crippen molar-refractivity contribution in [1.82, 2.24) is 14.7 Å². The van der Waals surface area contributed by atoms with Gasteiger partial charge in [0.1, 0.15) is 11.9 Å². The maximum atomic E-state index is 12.4. The van der Waals surface area contributed by atoms with Crippen LogP contribution in [0.5, 0.6) is 5.75 Å². The Morgan fingerprint density at radius 1 is 0.941 bits per heavy atom. The fourth-order valence-corrected chi connectivity index (χ4v) is 4.63. The van der Waals surface area contributed by atoms with Crippen molar-refractivity contribution in [3.63, 3.8) is 0 Å². The Morgan fingerprint density at radius 2 is 1.59 bits per heavy atom. The van der Waals surface area contributed by atoms with E-state index < -0.39 is 0 Å². The summed E-state index contributed by atoms with van der Waals surface area (Å²) in [4.78, 5) is 30.6. The van der Waals surface area contributed by atoms with E-state index in [-0.39, 0.29) is 42.9 Å². The fraction of sp³-hybridized carbons (Fsp3) is 0.667. The Balaban J connectivity index is 0.00000204. The van der Waals surface area contributed by atoms with E-state index in [1.54, 1.807) is 11.8 Å². The van der Waals surface area contributed by atoms with Gasteiger partial charge in [0, 0.05) is 51.0 Å². The Bertz CT molecular complexity index is 763. The van der Waals surface area contributed by atoms with Gasteiger partial charge in [0.05, 0.1) is 13.2 Å². The third-order valence-electron chi connectivity index (χ3n) is 6.77. The predicted molar refractivity (Wildman–Crippen MR) is 137 cm³/mol. The standard InChI is InChI=1S/C24H36N4O4.2ClH/c1-2-31-24(30)28-16-14-26(15-17-28)18-23(29)25-19-6-8-21(9-7-19)32-22-10-12-27(13-11-22)20-4-3-5-20;;/h6-9,20,22H,2-5,10-18H2,1H3,(H,25,29);2*1H. The van der Waals surface area contributed by atoms with Gasteiger partial charge in [-0.2, -0.15) is 0 Å². The topological polar surface area (TPSA) is 74.3 Å². The van der Waals surface area contributed by atoms with Crippen LogP contribution < -0.4 is 10.1 Å². The highest BCUT2D eigenvalue weighted by atomic mass is 35.5. The van der Waals surface area contributed by atoms with E-state index in [9.17, 15) is 9.59 Å². The first-order chi connectivity index (χ1) is 15.6. The molecule has 2 aliphatic heterocycles. The molecule has 2 amide bonds. The average molecular weight is 517 g/mol. The van der Waals surface area contributed by atoms with Crippen LogP contribution in [0.1, 0.15) is 39.0 Å². The van der Waals surface area contributed by atoms with Crippen LogP contribution >= 0.6 is 24.8 Å². The molecule has 0 spiro atoms. The Hall–Kier alpha value is -1.74. The maximum Gasteiger partial charge on any atom is 0.409 e. The zero-order valence-corrected chi connectivity index (χ0v) is 21.6. The van der Waals surface area contributed by atoms with Gasteiger partial charge in [0.25, 0.3) is 0 Å². The number of carbonyl (C=O) groups excluding carboxylic acids is 2. The van der Waals surface area contributed by atoms with Gasteiger partial charge in [0.15, 0.2) is 0 Å². The van der Waals surface area contributed by atoms with Crippen LogP contribution in [0.25, 0.3) is 0 Å². The third kappa shape index (κ3) is 7.90. The lowest BCUT2D eigenvalue weighted by molar-refractivity contribution is -0.117. The fourth-order valence-electron chi connectivity index (χ4n) is 4.63. The first kappa shape index (κ1) is 28.5. The number of halogens is 2. The number of piperidine rings is 1. The summed E-state index contributed by atoms with van der Waals surface area (Å²) in [6.07, 6.45) is 6.28. The van der Waals surface area contributed by atoms with Gasteiger partial charge in [-0.15, -0.1) is 24.8 Å². The zero-order valence-electron chi connectivity index (χ0n) is 19.9. The number of likely N-dealkylation sites (tertiary alicyclic amines) is 1. The SMILES string of the molecule is CCOC(=O)N1CCN(CC(=O)Nc2ccc(OC3CCN(C4CCC4)CC3)cc2)CC1.Cl.Cl. The first-order valence-electron chi connectivity index (χ1n) is 12.1. The number of benzene rings is 1. The smallest absolute Gasteiger partial charge is 0.409 e. The molecule has 1 aromatic rings. The molecule has 3 fully saturated rings. The van der Waals surface area contributed by atoms with Crippen molar-refractivity contribution in [1.29, 1.82) is 0 Å². The number of ether oxygens (including phenoxy) is 2. The van der Waals surface area contributed by atoms with Crippen molar-refractivity contribution in [3.05, 3.63) is 24.3 Å². The second-order valence-electron chi connectivity index (χ2n) is 8.97. The van der Waals surface area contributed by atoms with E-state index in [0.717, 1.165) is 43.4 Å². The van der Waals surface area contributed by atoms with Crippen LogP contribution in [0.15, 0.2) is 24.3 Å². The van der Waals surface area contributed by atoms with E-state index in [0.29, 0.717) is 39.3 Å². The van der Waals surface area contributed by atoms with Crippen LogP contribution in [-0.4, -0.2) is 91.3 Å². The molecule has 34 heavy (non-hydrogen) atoms. The lowest BCUT2D eigenvalue weighted by atomic mass is 9.90. The minimum absolute atomic E-state index is 0. The molecular formula is C24H38Cl2N4O4. The van der Waals surface area contributed by atoms with Crippen molar-refractivity contribution >= 4 is 42.5 Å². The minimum atomic E-state index is -0.275.